The number of benzene rings is 2. The predicted molar refractivity (Wildman–Crippen MR) is 89.9 cm³/mol. The number of fused-ring (bicyclic) bond motifs is 2. The molecule has 0 atom stereocenters. The van der Waals surface area contributed by atoms with E-state index in [0.717, 1.165) is 39.6 Å². The Hall–Kier alpha value is -2.88. The summed E-state index contributed by atoms with van der Waals surface area (Å²) in [6, 6.07) is 15.5. The van der Waals surface area contributed by atoms with E-state index >= 15 is 0 Å². The zero-order valence-electron chi connectivity index (χ0n) is 12.6. The molecule has 4 nitrogen and oxygen atoms in total. The Morgan fingerprint density at radius 1 is 1.00 bits per heavy atom. The fourth-order valence-electron chi connectivity index (χ4n) is 3.14. The van der Waals surface area contributed by atoms with Gasteiger partial charge in [-0.1, -0.05) is 30.3 Å². The first-order valence-electron chi connectivity index (χ1n) is 7.72. The molecule has 0 spiro atoms. The number of carbonyl (C=O) groups is 1. The van der Waals surface area contributed by atoms with Gasteiger partial charge in [-0.25, -0.2) is 0 Å². The van der Waals surface area contributed by atoms with E-state index in [4.69, 9.17) is 0 Å². The second-order valence-corrected chi connectivity index (χ2v) is 5.89. The van der Waals surface area contributed by atoms with Crippen LogP contribution in [0.5, 0.6) is 0 Å². The molecule has 1 aromatic heterocycles. The first-order chi connectivity index (χ1) is 11.2. The van der Waals surface area contributed by atoms with Gasteiger partial charge in [0, 0.05) is 29.6 Å². The van der Waals surface area contributed by atoms with Gasteiger partial charge in [-0.15, -0.1) is 0 Å². The van der Waals surface area contributed by atoms with Crippen LogP contribution >= 0.6 is 0 Å². The average Bonchev–Trinajstić information content (AvgIpc) is 2.56. The number of H-pyrrole nitrogens is 1. The van der Waals surface area contributed by atoms with E-state index < -0.39 is 0 Å². The Morgan fingerprint density at radius 3 is 2.78 bits per heavy atom. The second kappa shape index (κ2) is 5.39. The highest BCUT2D eigenvalue weighted by molar-refractivity contribution is 5.96. The van der Waals surface area contributed by atoms with Gasteiger partial charge < -0.3 is 10.3 Å². The lowest BCUT2D eigenvalue weighted by Crippen LogP contribution is -2.31. The first-order valence-corrected chi connectivity index (χ1v) is 7.72. The normalized spacial score (nSPS) is 13.7. The molecule has 2 aromatic carbocycles. The minimum Gasteiger partial charge on any atom is -0.352 e. The monoisotopic (exact) mass is 304 g/mol. The third-order valence-corrected chi connectivity index (χ3v) is 4.32. The SMILES string of the molecule is O=C1NCCc2cc(Cc3cc4ccccc4[nH]c3=O)ccc21. The van der Waals surface area contributed by atoms with Crippen molar-refractivity contribution in [2.75, 3.05) is 6.54 Å². The van der Waals surface area contributed by atoms with E-state index in [0.29, 0.717) is 13.0 Å². The van der Waals surface area contributed by atoms with E-state index in [1.807, 2.05) is 48.5 Å². The summed E-state index contributed by atoms with van der Waals surface area (Å²) < 4.78 is 0. The molecule has 0 bridgehead atoms. The molecule has 1 aliphatic heterocycles. The molecule has 4 rings (SSSR count). The van der Waals surface area contributed by atoms with Crippen molar-refractivity contribution in [2.24, 2.45) is 0 Å². The van der Waals surface area contributed by atoms with Crippen LogP contribution in [0, 0.1) is 0 Å². The molecular weight excluding hydrogens is 288 g/mol. The number of hydrogen-bond donors (Lipinski definition) is 2. The van der Waals surface area contributed by atoms with Crippen LogP contribution in [0.2, 0.25) is 0 Å². The minimum atomic E-state index is -0.0563. The molecule has 3 aromatic rings. The van der Waals surface area contributed by atoms with Crippen molar-refractivity contribution in [1.82, 2.24) is 10.3 Å². The molecule has 0 fully saturated rings. The fraction of sp³-hybridized carbons (Fsp3) is 0.158. The van der Waals surface area contributed by atoms with Crippen LogP contribution in [0.25, 0.3) is 10.9 Å². The summed E-state index contributed by atoms with van der Waals surface area (Å²) in [4.78, 5) is 27.0. The number of nitrogens with one attached hydrogen (secondary N) is 2. The lowest BCUT2D eigenvalue weighted by Gasteiger charge is -2.17. The van der Waals surface area contributed by atoms with Gasteiger partial charge in [-0.2, -0.15) is 0 Å². The van der Waals surface area contributed by atoms with Crippen molar-refractivity contribution in [3.05, 3.63) is 81.1 Å². The van der Waals surface area contributed by atoms with Crippen LogP contribution in [-0.4, -0.2) is 17.4 Å². The molecule has 2 heterocycles. The van der Waals surface area contributed by atoms with Gasteiger partial charge >= 0.3 is 0 Å². The van der Waals surface area contributed by atoms with Gasteiger partial charge in [0.15, 0.2) is 0 Å². The average molecular weight is 304 g/mol. The molecule has 0 unspecified atom stereocenters. The standard InChI is InChI=1S/C19H16N2O2/c22-18-15(11-14-3-1-2-4-17(14)21-18)10-12-5-6-16-13(9-12)7-8-20-19(16)23/h1-6,9,11H,7-8,10H2,(H,20,23)(H,21,22). The maximum Gasteiger partial charge on any atom is 0.251 e. The van der Waals surface area contributed by atoms with Crippen molar-refractivity contribution in [3.8, 4) is 0 Å². The third kappa shape index (κ3) is 2.52. The Kier molecular flexibility index (Phi) is 3.23. The number of aromatic amines is 1. The highest BCUT2D eigenvalue weighted by atomic mass is 16.1. The number of aromatic nitrogens is 1. The summed E-state index contributed by atoms with van der Waals surface area (Å²) in [7, 11) is 0. The summed E-state index contributed by atoms with van der Waals surface area (Å²) in [5.41, 5.74) is 4.39. The summed E-state index contributed by atoms with van der Waals surface area (Å²) in [6.45, 7) is 0.672. The molecule has 4 heteroatoms. The highest BCUT2D eigenvalue weighted by Crippen LogP contribution is 2.18. The van der Waals surface area contributed by atoms with E-state index in [9.17, 15) is 9.59 Å². The number of carbonyl (C=O) groups excluding carboxylic acids is 1. The van der Waals surface area contributed by atoms with Gasteiger partial charge in [-0.05, 0) is 41.1 Å². The Bertz CT molecular complexity index is 973. The molecule has 2 N–H and O–H groups in total. The van der Waals surface area contributed by atoms with Crippen LogP contribution in [0.4, 0.5) is 0 Å². The zero-order valence-corrected chi connectivity index (χ0v) is 12.6. The molecular formula is C19H16N2O2. The van der Waals surface area contributed by atoms with E-state index in [1.165, 1.54) is 0 Å². The van der Waals surface area contributed by atoms with Crippen molar-refractivity contribution in [2.45, 2.75) is 12.8 Å². The van der Waals surface area contributed by atoms with Gasteiger partial charge in [0.1, 0.15) is 0 Å². The topological polar surface area (TPSA) is 62.0 Å². The van der Waals surface area contributed by atoms with E-state index in [1.54, 1.807) is 0 Å². The predicted octanol–water partition coefficient (Wildman–Crippen LogP) is 2.40. The van der Waals surface area contributed by atoms with Gasteiger partial charge in [-0.3, -0.25) is 9.59 Å². The van der Waals surface area contributed by atoms with Crippen LogP contribution in [0.15, 0.2) is 53.3 Å². The van der Waals surface area contributed by atoms with Crippen LogP contribution in [0.1, 0.15) is 27.0 Å². The van der Waals surface area contributed by atoms with Gasteiger partial charge in [0.2, 0.25) is 0 Å². The number of rotatable bonds is 2. The van der Waals surface area contributed by atoms with Crippen LogP contribution in [-0.2, 0) is 12.8 Å². The molecule has 114 valence electrons. The lowest BCUT2D eigenvalue weighted by molar-refractivity contribution is 0.0946. The van der Waals surface area contributed by atoms with E-state index in [2.05, 4.69) is 10.3 Å². The highest BCUT2D eigenvalue weighted by Gasteiger charge is 2.16. The Balaban J connectivity index is 1.72. The number of para-hydroxylation sites is 1. The Labute approximate surface area is 133 Å². The quantitative estimate of drug-likeness (QED) is 0.763. The number of hydrogen-bond acceptors (Lipinski definition) is 2. The molecule has 0 saturated heterocycles. The Morgan fingerprint density at radius 2 is 1.87 bits per heavy atom. The zero-order chi connectivity index (χ0) is 15.8. The smallest absolute Gasteiger partial charge is 0.251 e. The lowest BCUT2D eigenvalue weighted by atomic mass is 9.95. The maximum absolute atomic E-state index is 12.3. The fourth-order valence-corrected chi connectivity index (χ4v) is 3.14. The molecule has 23 heavy (non-hydrogen) atoms. The summed E-state index contributed by atoms with van der Waals surface area (Å²) >= 11 is 0. The molecule has 0 aliphatic carbocycles. The summed E-state index contributed by atoms with van der Waals surface area (Å²) in [5, 5.41) is 3.87. The van der Waals surface area contributed by atoms with E-state index in [-0.39, 0.29) is 11.5 Å². The van der Waals surface area contributed by atoms with Crippen LogP contribution < -0.4 is 10.9 Å². The third-order valence-electron chi connectivity index (χ3n) is 4.32. The minimum absolute atomic E-state index is 0.0126. The van der Waals surface area contributed by atoms with Crippen molar-refractivity contribution < 1.29 is 4.79 Å². The number of pyridine rings is 1. The van der Waals surface area contributed by atoms with Gasteiger partial charge in [0.05, 0.1) is 0 Å². The molecule has 1 amide bonds. The van der Waals surface area contributed by atoms with Crippen molar-refractivity contribution >= 4 is 16.8 Å². The summed E-state index contributed by atoms with van der Waals surface area (Å²) in [5.74, 6) is -0.0126. The van der Waals surface area contributed by atoms with Gasteiger partial charge in [0.25, 0.3) is 11.5 Å². The van der Waals surface area contributed by atoms with Crippen molar-refractivity contribution in [3.63, 3.8) is 0 Å². The molecule has 1 aliphatic rings. The molecule has 0 radical (unpaired) electrons. The number of amides is 1. The van der Waals surface area contributed by atoms with Crippen molar-refractivity contribution in [1.29, 1.82) is 0 Å². The molecule has 0 saturated carbocycles. The second-order valence-electron chi connectivity index (χ2n) is 5.89. The maximum atomic E-state index is 12.3. The summed E-state index contributed by atoms with van der Waals surface area (Å²) in [6.07, 6.45) is 1.40. The van der Waals surface area contributed by atoms with Crippen LogP contribution in [0.3, 0.4) is 0 Å². The first kappa shape index (κ1) is 13.8. The largest absolute Gasteiger partial charge is 0.352 e.